The molecule has 0 bridgehead atoms. The van der Waals surface area contributed by atoms with Gasteiger partial charge in [0, 0.05) is 6.26 Å². The van der Waals surface area contributed by atoms with Crippen molar-refractivity contribution in [2.75, 3.05) is 12.0 Å². The number of nitrogens with zero attached hydrogens (tertiary/aromatic N) is 2. The number of sulfone groups is 1. The van der Waals surface area contributed by atoms with Gasteiger partial charge in [-0.1, -0.05) is 4.49 Å². The van der Waals surface area contributed by atoms with E-state index in [0.29, 0.717) is 0 Å². The lowest BCUT2D eigenvalue weighted by Crippen LogP contribution is -2.41. The third-order valence-electron chi connectivity index (χ3n) is 1.97. The van der Waals surface area contributed by atoms with Crippen molar-refractivity contribution >= 4 is 33.2 Å². The fraction of sp³-hybridized carbons (Fsp3) is 0.500. The molecule has 0 aliphatic carbocycles. The summed E-state index contributed by atoms with van der Waals surface area (Å²) >= 11 is 0.824. The predicted octanol–water partition coefficient (Wildman–Crippen LogP) is -0.844. The van der Waals surface area contributed by atoms with E-state index in [9.17, 15) is 18.0 Å². The molecule has 18 heavy (non-hydrogen) atoms. The van der Waals surface area contributed by atoms with E-state index in [1.807, 2.05) is 0 Å². The summed E-state index contributed by atoms with van der Waals surface area (Å²) in [6.07, 6.45) is 2.02. The summed E-state index contributed by atoms with van der Waals surface area (Å²) in [5.74, 6) is -2.24. The Morgan fingerprint density at radius 1 is 1.56 bits per heavy atom. The standard InChI is InChI=1S/C8H11N3O5S2/c1-18(15,16)3-2-5(8(13)14)10-7(12)6-4-9-11-17-6/h4-5H,2-3H2,1H3,(H,10,12)(H,13,14). The molecule has 0 saturated heterocycles. The van der Waals surface area contributed by atoms with Crippen LogP contribution in [0.25, 0.3) is 0 Å². The zero-order valence-electron chi connectivity index (χ0n) is 9.36. The van der Waals surface area contributed by atoms with E-state index >= 15 is 0 Å². The molecular weight excluding hydrogens is 282 g/mol. The molecule has 0 radical (unpaired) electrons. The minimum atomic E-state index is -3.28. The molecule has 1 aromatic heterocycles. The molecule has 0 fully saturated rings. The van der Waals surface area contributed by atoms with Gasteiger partial charge in [-0.3, -0.25) is 4.79 Å². The van der Waals surface area contributed by atoms with Crippen molar-refractivity contribution < 1.29 is 23.1 Å². The van der Waals surface area contributed by atoms with Gasteiger partial charge in [0.25, 0.3) is 5.91 Å². The zero-order chi connectivity index (χ0) is 13.8. The number of carboxylic acid groups (broad SMARTS) is 1. The Hall–Kier alpha value is -1.55. The van der Waals surface area contributed by atoms with Crippen LogP contribution in [0, 0.1) is 0 Å². The molecule has 0 aliphatic rings. The van der Waals surface area contributed by atoms with E-state index in [4.69, 9.17) is 5.11 Å². The summed E-state index contributed by atoms with van der Waals surface area (Å²) in [6, 6.07) is -1.26. The van der Waals surface area contributed by atoms with Crippen LogP contribution >= 0.6 is 11.5 Å². The maximum atomic E-state index is 11.6. The Morgan fingerprint density at radius 2 is 2.22 bits per heavy atom. The number of rotatable bonds is 6. The van der Waals surface area contributed by atoms with Crippen LogP contribution in [-0.4, -0.2) is 53.0 Å². The second-order valence-electron chi connectivity index (χ2n) is 3.56. The highest BCUT2D eigenvalue weighted by atomic mass is 32.2. The van der Waals surface area contributed by atoms with Gasteiger partial charge in [-0.25, -0.2) is 13.2 Å². The van der Waals surface area contributed by atoms with Gasteiger partial charge in [0.15, 0.2) is 0 Å². The Morgan fingerprint density at radius 3 is 2.67 bits per heavy atom. The molecule has 1 aromatic rings. The third-order valence-corrected chi connectivity index (χ3v) is 3.61. The lowest BCUT2D eigenvalue weighted by Gasteiger charge is -2.12. The van der Waals surface area contributed by atoms with Gasteiger partial charge in [0.1, 0.15) is 20.8 Å². The first-order valence-electron chi connectivity index (χ1n) is 4.78. The SMILES string of the molecule is CS(=O)(=O)CCC(NC(=O)c1cnns1)C(=O)O. The monoisotopic (exact) mass is 293 g/mol. The first kappa shape index (κ1) is 14.5. The van der Waals surface area contributed by atoms with Crippen LogP contribution in [0.5, 0.6) is 0 Å². The number of aliphatic carboxylic acids is 1. The zero-order valence-corrected chi connectivity index (χ0v) is 11.0. The predicted molar refractivity (Wildman–Crippen MR) is 63.1 cm³/mol. The summed E-state index contributed by atoms with van der Waals surface area (Å²) in [7, 11) is -3.28. The number of nitrogens with one attached hydrogen (secondary N) is 1. The molecule has 1 atom stereocenters. The van der Waals surface area contributed by atoms with Gasteiger partial charge in [-0.15, -0.1) is 5.10 Å². The molecule has 10 heteroatoms. The Balaban J connectivity index is 2.64. The van der Waals surface area contributed by atoms with Gasteiger partial charge in [-0.2, -0.15) is 0 Å². The highest BCUT2D eigenvalue weighted by Crippen LogP contribution is 2.04. The topological polar surface area (TPSA) is 126 Å². The van der Waals surface area contributed by atoms with Crippen LogP contribution < -0.4 is 5.32 Å². The van der Waals surface area contributed by atoms with Crippen molar-refractivity contribution in [3.05, 3.63) is 11.1 Å². The number of carboxylic acids is 1. The largest absolute Gasteiger partial charge is 0.480 e. The van der Waals surface area contributed by atoms with Gasteiger partial charge in [-0.05, 0) is 18.0 Å². The molecular formula is C8H11N3O5S2. The van der Waals surface area contributed by atoms with Crippen molar-refractivity contribution in [2.24, 2.45) is 0 Å². The minimum absolute atomic E-state index is 0.167. The number of carbonyl (C=O) groups is 2. The normalized spacial score (nSPS) is 12.9. The lowest BCUT2D eigenvalue weighted by atomic mass is 10.2. The number of hydrogen-bond donors (Lipinski definition) is 2. The van der Waals surface area contributed by atoms with E-state index in [1.54, 1.807) is 0 Å². The fourth-order valence-corrected chi connectivity index (χ4v) is 2.17. The van der Waals surface area contributed by atoms with Crippen LogP contribution in [0.3, 0.4) is 0 Å². The smallest absolute Gasteiger partial charge is 0.326 e. The van der Waals surface area contributed by atoms with Crippen LogP contribution in [0.4, 0.5) is 0 Å². The molecule has 1 amide bonds. The highest BCUT2D eigenvalue weighted by molar-refractivity contribution is 7.90. The molecule has 1 unspecified atom stereocenters. The van der Waals surface area contributed by atoms with Crippen molar-refractivity contribution in [2.45, 2.75) is 12.5 Å². The van der Waals surface area contributed by atoms with Crippen LogP contribution in [-0.2, 0) is 14.6 Å². The molecule has 1 rings (SSSR count). The Labute approximate surface area is 107 Å². The summed E-state index contributed by atoms with van der Waals surface area (Å²) < 4.78 is 25.4. The fourth-order valence-electron chi connectivity index (χ4n) is 1.09. The van der Waals surface area contributed by atoms with Gasteiger partial charge in [0.05, 0.1) is 11.9 Å². The molecule has 2 N–H and O–H groups in total. The number of aromatic nitrogens is 2. The molecule has 0 aromatic carbocycles. The summed E-state index contributed by atoms with van der Waals surface area (Å²) in [6.45, 7) is 0. The minimum Gasteiger partial charge on any atom is -0.480 e. The first-order chi connectivity index (χ1) is 8.29. The highest BCUT2D eigenvalue weighted by Gasteiger charge is 2.22. The second kappa shape index (κ2) is 5.87. The molecule has 100 valence electrons. The van der Waals surface area contributed by atoms with Crippen LogP contribution in [0.15, 0.2) is 6.20 Å². The molecule has 8 nitrogen and oxygen atoms in total. The van der Waals surface area contributed by atoms with Crippen molar-refractivity contribution in [1.29, 1.82) is 0 Å². The summed E-state index contributed by atoms with van der Waals surface area (Å²) in [5, 5.41) is 14.5. The van der Waals surface area contributed by atoms with Crippen molar-refractivity contribution in [3.8, 4) is 0 Å². The Bertz CT molecular complexity index is 525. The molecule has 0 saturated carbocycles. The molecule has 0 spiro atoms. The third kappa shape index (κ3) is 4.75. The van der Waals surface area contributed by atoms with E-state index in [2.05, 4.69) is 14.9 Å². The lowest BCUT2D eigenvalue weighted by molar-refractivity contribution is -0.139. The summed E-state index contributed by atoms with van der Waals surface area (Å²) in [4.78, 5) is 22.6. The van der Waals surface area contributed by atoms with Crippen LogP contribution in [0.2, 0.25) is 0 Å². The quantitative estimate of drug-likeness (QED) is 0.699. The van der Waals surface area contributed by atoms with E-state index in [-0.39, 0.29) is 17.1 Å². The molecule has 0 aliphatic heterocycles. The van der Waals surface area contributed by atoms with E-state index in [1.165, 1.54) is 6.20 Å². The maximum absolute atomic E-state index is 11.6. The molecule has 1 heterocycles. The van der Waals surface area contributed by atoms with E-state index < -0.39 is 27.8 Å². The maximum Gasteiger partial charge on any atom is 0.326 e. The number of hydrogen-bond acceptors (Lipinski definition) is 7. The van der Waals surface area contributed by atoms with Crippen molar-refractivity contribution in [1.82, 2.24) is 14.9 Å². The van der Waals surface area contributed by atoms with Gasteiger partial charge >= 0.3 is 5.97 Å². The first-order valence-corrected chi connectivity index (χ1v) is 7.62. The van der Waals surface area contributed by atoms with E-state index in [0.717, 1.165) is 17.8 Å². The average molecular weight is 293 g/mol. The Kier molecular flexibility index (Phi) is 4.73. The average Bonchev–Trinajstić information content (AvgIpc) is 2.75. The number of carbonyl (C=O) groups excluding carboxylic acids is 1. The summed E-state index contributed by atoms with van der Waals surface area (Å²) in [5.41, 5.74) is 0. The number of amides is 1. The van der Waals surface area contributed by atoms with Gasteiger partial charge < -0.3 is 10.4 Å². The second-order valence-corrected chi connectivity index (χ2v) is 6.61. The van der Waals surface area contributed by atoms with Gasteiger partial charge in [0.2, 0.25) is 0 Å². The van der Waals surface area contributed by atoms with Crippen molar-refractivity contribution in [3.63, 3.8) is 0 Å². The van der Waals surface area contributed by atoms with Crippen LogP contribution in [0.1, 0.15) is 16.1 Å².